The predicted molar refractivity (Wildman–Crippen MR) is 82.8 cm³/mol. The van der Waals surface area contributed by atoms with Crippen LogP contribution in [-0.4, -0.2) is 11.8 Å². The third-order valence-corrected chi connectivity index (χ3v) is 3.13. The zero-order valence-electron chi connectivity index (χ0n) is 12.1. The van der Waals surface area contributed by atoms with E-state index in [2.05, 4.69) is 10.6 Å². The van der Waals surface area contributed by atoms with Crippen LogP contribution < -0.4 is 10.6 Å². The number of benzene rings is 2. The molecule has 0 bridgehead atoms. The SMILES string of the molecule is Cc1ccc(NC(=O)C(=O)NCc2ccccc2)c(C)c1. The van der Waals surface area contributed by atoms with Gasteiger partial charge in [0.25, 0.3) is 0 Å². The maximum Gasteiger partial charge on any atom is 0.313 e. The van der Waals surface area contributed by atoms with E-state index in [0.717, 1.165) is 16.7 Å². The van der Waals surface area contributed by atoms with Crippen LogP contribution in [0.2, 0.25) is 0 Å². The van der Waals surface area contributed by atoms with Crippen LogP contribution in [0.5, 0.6) is 0 Å². The Hall–Kier alpha value is -2.62. The summed E-state index contributed by atoms with van der Waals surface area (Å²) < 4.78 is 0. The van der Waals surface area contributed by atoms with Crippen LogP contribution in [0.25, 0.3) is 0 Å². The van der Waals surface area contributed by atoms with Gasteiger partial charge in [0, 0.05) is 12.2 Å². The van der Waals surface area contributed by atoms with Crippen molar-refractivity contribution in [2.24, 2.45) is 0 Å². The van der Waals surface area contributed by atoms with E-state index in [1.807, 2.05) is 56.3 Å². The van der Waals surface area contributed by atoms with Gasteiger partial charge in [0.05, 0.1) is 0 Å². The van der Waals surface area contributed by atoms with Crippen molar-refractivity contribution >= 4 is 17.5 Å². The van der Waals surface area contributed by atoms with E-state index in [4.69, 9.17) is 0 Å². The van der Waals surface area contributed by atoms with Gasteiger partial charge in [-0.05, 0) is 31.0 Å². The van der Waals surface area contributed by atoms with Crippen LogP contribution >= 0.6 is 0 Å². The number of anilines is 1. The molecule has 108 valence electrons. The molecule has 21 heavy (non-hydrogen) atoms. The number of aryl methyl sites for hydroxylation is 2. The fourth-order valence-corrected chi connectivity index (χ4v) is 1.99. The van der Waals surface area contributed by atoms with Gasteiger partial charge in [0.2, 0.25) is 0 Å². The van der Waals surface area contributed by atoms with Crippen molar-refractivity contribution in [2.45, 2.75) is 20.4 Å². The number of carbonyl (C=O) groups is 2. The van der Waals surface area contributed by atoms with Crippen LogP contribution in [-0.2, 0) is 16.1 Å². The molecule has 4 nitrogen and oxygen atoms in total. The lowest BCUT2D eigenvalue weighted by Crippen LogP contribution is -2.35. The Labute approximate surface area is 124 Å². The van der Waals surface area contributed by atoms with Crippen LogP contribution in [0.4, 0.5) is 5.69 Å². The Morgan fingerprint density at radius 2 is 1.67 bits per heavy atom. The van der Waals surface area contributed by atoms with Crippen molar-refractivity contribution < 1.29 is 9.59 Å². The molecular formula is C17H18N2O2. The number of hydrogen-bond donors (Lipinski definition) is 2. The highest BCUT2D eigenvalue weighted by atomic mass is 16.2. The molecular weight excluding hydrogens is 264 g/mol. The highest BCUT2D eigenvalue weighted by molar-refractivity contribution is 6.39. The number of amides is 2. The minimum absolute atomic E-state index is 0.333. The summed E-state index contributed by atoms with van der Waals surface area (Å²) in [5.74, 6) is -1.29. The summed E-state index contributed by atoms with van der Waals surface area (Å²) in [7, 11) is 0. The zero-order valence-corrected chi connectivity index (χ0v) is 12.1. The monoisotopic (exact) mass is 282 g/mol. The van der Waals surface area contributed by atoms with Crippen LogP contribution in [0.15, 0.2) is 48.5 Å². The molecule has 0 saturated heterocycles. The molecule has 0 radical (unpaired) electrons. The molecule has 2 amide bonds. The topological polar surface area (TPSA) is 58.2 Å². The molecule has 0 fully saturated rings. The lowest BCUT2D eigenvalue weighted by molar-refractivity contribution is -0.136. The minimum Gasteiger partial charge on any atom is -0.344 e. The maximum atomic E-state index is 11.8. The normalized spacial score (nSPS) is 10.0. The number of carbonyl (C=O) groups excluding carboxylic acids is 2. The maximum absolute atomic E-state index is 11.8. The molecule has 0 unspecified atom stereocenters. The average molecular weight is 282 g/mol. The van der Waals surface area contributed by atoms with Crippen molar-refractivity contribution in [3.8, 4) is 0 Å². The minimum atomic E-state index is -0.655. The zero-order chi connectivity index (χ0) is 15.2. The molecule has 0 heterocycles. The third-order valence-electron chi connectivity index (χ3n) is 3.13. The Bertz CT molecular complexity index is 651. The van der Waals surface area contributed by atoms with Gasteiger partial charge in [-0.3, -0.25) is 9.59 Å². The lowest BCUT2D eigenvalue weighted by atomic mass is 10.1. The van der Waals surface area contributed by atoms with E-state index in [1.165, 1.54) is 0 Å². The van der Waals surface area contributed by atoms with E-state index < -0.39 is 11.8 Å². The van der Waals surface area contributed by atoms with Crippen LogP contribution in [0, 0.1) is 13.8 Å². The first kappa shape index (κ1) is 14.8. The number of rotatable bonds is 3. The van der Waals surface area contributed by atoms with Gasteiger partial charge in [-0.1, -0.05) is 48.0 Å². The summed E-state index contributed by atoms with van der Waals surface area (Å²) in [5, 5.41) is 5.22. The average Bonchev–Trinajstić information content (AvgIpc) is 2.48. The predicted octanol–water partition coefficient (Wildman–Crippen LogP) is 2.56. The van der Waals surface area contributed by atoms with Crippen molar-refractivity contribution in [1.82, 2.24) is 5.32 Å². The van der Waals surface area contributed by atoms with E-state index in [-0.39, 0.29) is 0 Å². The van der Waals surface area contributed by atoms with Gasteiger partial charge in [0.1, 0.15) is 0 Å². The summed E-state index contributed by atoms with van der Waals surface area (Å²) in [6, 6.07) is 15.1. The smallest absolute Gasteiger partial charge is 0.313 e. The van der Waals surface area contributed by atoms with Gasteiger partial charge >= 0.3 is 11.8 Å². The first-order chi connectivity index (χ1) is 10.1. The molecule has 0 aliphatic carbocycles. The molecule has 0 saturated carbocycles. The summed E-state index contributed by atoms with van der Waals surface area (Å²) in [4.78, 5) is 23.6. The Morgan fingerprint density at radius 1 is 0.952 bits per heavy atom. The molecule has 0 aliphatic heterocycles. The van der Waals surface area contributed by atoms with Crippen LogP contribution in [0.3, 0.4) is 0 Å². The lowest BCUT2D eigenvalue weighted by Gasteiger charge is -2.09. The van der Waals surface area contributed by atoms with Gasteiger partial charge in [-0.25, -0.2) is 0 Å². The van der Waals surface area contributed by atoms with Gasteiger partial charge in [-0.15, -0.1) is 0 Å². The van der Waals surface area contributed by atoms with Gasteiger partial charge < -0.3 is 10.6 Å². The Kier molecular flexibility index (Phi) is 4.72. The molecule has 2 aromatic carbocycles. The summed E-state index contributed by atoms with van der Waals surface area (Å²) in [6.45, 7) is 4.20. The third kappa shape index (κ3) is 4.18. The van der Waals surface area contributed by atoms with Crippen molar-refractivity contribution in [1.29, 1.82) is 0 Å². The second-order valence-electron chi connectivity index (χ2n) is 4.94. The van der Waals surface area contributed by atoms with Gasteiger partial charge in [-0.2, -0.15) is 0 Å². The fourth-order valence-electron chi connectivity index (χ4n) is 1.99. The molecule has 2 aromatic rings. The first-order valence-electron chi connectivity index (χ1n) is 6.76. The molecule has 4 heteroatoms. The molecule has 2 rings (SSSR count). The Morgan fingerprint density at radius 3 is 2.33 bits per heavy atom. The van der Waals surface area contributed by atoms with Crippen molar-refractivity contribution in [3.05, 3.63) is 65.2 Å². The van der Waals surface area contributed by atoms with Crippen LogP contribution in [0.1, 0.15) is 16.7 Å². The largest absolute Gasteiger partial charge is 0.344 e. The molecule has 0 aliphatic rings. The van der Waals surface area contributed by atoms with Gasteiger partial charge in [0.15, 0.2) is 0 Å². The molecule has 0 atom stereocenters. The van der Waals surface area contributed by atoms with E-state index in [1.54, 1.807) is 6.07 Å². The fraction of sp³-hybridized carbons (Fsp3) is 0.176. The summed E-state index contributed by atoms with van der Waals surface area (Å²) in [5.41, 5.74) is 3.64. The summed E-state index contributed by atoms with van der Waals surface area (Å²) in [6.07, 6.45) is 0. The number of nitrogens with one attached hydrogen (secondary N) is 2. The van der Waals surface area contributed by atoms with Crippen molar-refractivity contribution in [2.75, 3.05) is 5.32 Å². The highest BCUT2D eigenvalue weighted by Gasteiger charge is 2.14. The van der Waals surface area contributed by atoms with E-state index in [0.29, 0.717) is 12.2 Å². The standard InChI is InChI=1S/C17H18N2O2/c1-12-8-9-15(13(2)10-12)19-17(21)16(20)18-11-14-6-4-3-5-7-14/h3-10H,11H2,1-2H3,(H,18,20)(H,19,21). The van der Waals surface area contributed by atoms with E-state index in [9.17, 15) is 9.59 Å². The molecule has 2 N–H and O–H groups in total. The molecule has 0 aromatic heterocycles. The first-order valence-corrected chi connectivity index (χ1v) is 6.76. The second-order valence-corrected chi connectivity index (χ2v) is 4.94. The quantitative estimate of drug-likeness (QED) is 0.850. The second kappa shape index (κ2) is 6.70. The molecule has 0 spiro atoms. The highest BCUT2D eigenvalue weighted by Crippen LogP contribution is 2.15. The van der Waals surface area contributed by atoms with Crippen molar-refractivity contribution in [3.63, 3.8) is 0 Å². The Balaban J connectivity index is 1.92. The number of hydrogen-bond acceptors (Lipinski definition) is 2. The van der Waals surface area contributed by atoms with E-state index >= 15 is 0 Å². The summed E-state index contributed by atoms with van der Waals surface area (Å²) >= 11 is 0.